The number of aliphatic hydroxyl groups is 2. The van der Waals surface area contributed by atoms with Crippen LogP contribution in [0.1, 0.15) is 57.4 Å². The van der Waals surface area contributed by atoms with Gasteiger partial charge in [-0.15, -0.1) is 0 Å². The van der Waals surface area contributed by atoms with Crippen molar-refractivity contribution in [2.45, 2.75) is 32.5 Å². The molecule has 0 aliphatic heterocycles. The number of methoxy groups -OCH3 is 4. The van der Waals surface area contributed by atoms with Gasteiger partial charge in [0.1, 0.15) is 28.7 Å². The number of aromatic nitrogens is 8. The topological polar surface area (TPSA) is 190 Å². The van der Waals surface area contributed by atoms with Gasteiger partial charge in [0.25, 0.3) is 0 Å². The molecule has 8 heterocycles. The number of hydrogen-bond acceptors (Lipinski definition) is 17. The van der Waals surface area contributed by atoms with Crippen LogP contribution < -0.4 is 18.9 Å². The lowest BCUT2D eigenvalue weighted by Gasteiger charge is -2.10. The molecule has 0 aliphatic carbocycles. The SMILES string of the molecule is CCOC(=O)c1cnc2sc3cc(OC)ccc3n12.COc1ccc2c(c1)sc1ncc(C(O)CCc3ccccc3)n12.COc1ccc2c(c1)sc1ncc(C=O)n12.COc1ccc2c(c1)sc1ncc(CO)n12. The lowest BCUT2D eigenvalue weighted by molar-refractivity contribution is 0.0518. The first-order valence-electron chi connectivity index (χ1n) is 23.4. The van der Waals surface area contributed by atoms with E-state index in [-0.39, 0.29) is 12.6 Å². The molecule has 75 heavy (non-hydrogen) atoms. The van der Waals surface area contributed by atoms with Crippen LogP contribution in [0.2, 0.25) is 0 Å². The summed E-state index contributed by atoms with van der Waals surface area (Å²) >= 11 is 6.24. The highest BCUT2D eigenvalue weighted by molar-refractivity contribution is 7.24. The highest BCUT2D eigenvalue weighted by Crippen LogP contribution is 2.35. The molecule has 1 atom stereocenters. The Bertz CT molecular complexity index is 4130. The number of benzene rings is 5. The van der Waals surface area contributed by atoms with E-state index in [0.29, 0.717) is 24.4 Å². The van der Waals surface area contributed by atoms with Gasteiger partial charge in [-0.3, -0.25) is 22.4 Å². The monoisotopic (exact) mass is 1080 g/mol. The number of aliphatic hydroxyl groups excluding tert-OH is 2. The largest absolute Gasteiger partial charge is 0.497 e. The number of carbonyl (C=O) groups is 2. The molecule has 0 spiro atoms. The maximum Gasteiger partial charge on any atom is 0.357 e. The second kappa shape index (κ2) is 22.3. The minimum absolute atomic E-state index is 0.000963. The Kier molecular flexibility index (Phi) is 15.0. The Labute approximate surface area is 443 Å². The maximum absolute atomic E-state index is 11.9. The lowest BCUT2D eigenvalue weighted by atomic mass is 10.1. The average molecular weight is 1080 g/mol. The number of imidazole rings is 4. The van der Waals surface area contributed by atoms with Crippen LogP contribution in [-0.4, -0.2) is 95.1 Å². The predicted molar refractivity (Wildman–Crippen MR) is 295 cm³/mol. The molecule has 0 saturated carbocycles. The van der Waals surface area contributed by atoms with Crippen molar-refractivity contribution in [3.63, 3.8) is 0 Å². The van der Waals surface area contributed by atoms with E-state index in [0.717, 1.165) is 108 Å². The second-order valence-corrected chi connectivity index (χ2v) is 20.5. The third-order valence-corrected chi connectivity index (χ3v) is 16.2. The van der Waals surface area contributed by atoms with Crippen LogP contribution in [0, 0.1) is 0 Å². The van der Waals surface area contributed by atoms with Crippen molar-refractivity contribution in [2.75, 3.05) is 35.0 Å². The molecular formula is C54H48N8O9S4. The molecule has 0 fully saturated rings. The van der Waals surface area contributed by atoms with Gasteiger partial charge in [0.2, 0.25) is 0 Å². The molecule has 13 rings (SSSR count). The van der Waals surface area contributed by atoms with Crippen LogP contribution in [0.15, 0.2) is 128 Å². The molecule has 13 aromatic rings. The molecule has 0 amide bonds. The van der Waals surface area contributed by atoms with E-state index >= 15 is 0 Å². The van der Waals surface area contributed by atoms with Crippen molar-refractivity contribution in [3.05, 3.63) is 156 Å². The van der Waals surface area contributed by atoms with Gasteiger partial charge in [-0.2, -0.15) is 0 Å². The van der Waals surface area contributed by atoms with Crippen LogP contribution >= 0.6 is 45.3 Å². The van der Waals surface area contributed by atoms with Crippen molar-refractivity contribution < 1.29 is 43.5 Å². The van der Waals surface area contributed by atoms with Gasteiger partial charge in [0, 0.05) is 0 Å². The first kappa shape index (κ1) is 50.6. The van der Waals surface area contributed by atoms with Crippen LogP contribution in [0.25, 0.3) is 60.7 Å². The van der Waals surface area contributed by atoms with Gasteiger partial charge in [0.05, 0.1) is 125 Å². The fraction of sp³-hybridized carbons (Fsp3) is 0.185. The quantitative estimate of drug-likeness (QED) is 0.0869. The summed E-state index contributed by atoms with van der Waals surface area (Å²) < 4.78 is 37.8. The third-order valence-electron chi connectivity index (χ3n) is 12.1. The van der Waals surface area contributed by atoms with Gasteiger partial charge in [-0.1, -0.05) is 75.7 Å². The summed E-state index contributed by atoms with van der Waals surface area (Å²) in [5.41, 5.74) is 7.95. The molecular weight excluding hydrogens is 1030 g/mol. The molecule has 0 aliphatic rings. The first-order chi connectivity index (χ1) is 36.7. The number of fused-ring (bicyclic) bond motifs is 12. The van der Waals surface area contributed by atoms with Crippen molar-refractivity contribution in [1.82, 2.24) is 37.5 Å². The van der Waals surface area contributed by atoms with E-state index in [1.165, 1.54) is 16.9 Å². The van der Waals surface area contributed by atoms with Gasteiger partial charge >= 0.3 is 5.97 Å². The van der Waals surface area contributed by atoms with Crippen LogP contribution in [-0.2, 0) is 17.8 Å². The molecule has 1 unspecified atom stereocenters. The van der Waals surface area contributed by atoms with Gasteiger partial charge in [-0.25, -0.2) is 24.7 Å². The van der Waals surface area contributed by atoms with Gasteiger partial charge < -0.3 is 33.9 Å². The highest BCUT2D eigenvalue weighted by Gasteiger charge is 2.20. The predicted octanol–water partition coefficient (Wildman–Crippen LogP) is 11.4. The van der Waals surface area contributed by atoms with Crippen LogP contribution in [0.3, 0.4) is 0 Å². The molecule has 21 heteroatoms. The van der Waals surface area contributed by atoms with Gasteiger partial charge in [0.15, 0.2) is 31.8 Å². The van der Waals surface area contributed by atoms with E-state index in [1.807, 2.05) is 104 Å². The molecule has 17 nitrogen and oxygen atoms in total. The average Bonchev–Trinajstić information content (AvgIpc) is 4.34. The Balaban J connectivity index is 0.000000116. The first-order valence-corrected chi connectivity index (χ1v) is 26.6. The summed E-state index contributed by atoms with van der Waals surface area (Å²) in [6.45, 7) is 2.13. The van der Waals surface area contributed by atoms with Crippen molar-refractivity contribution in [3.8, 4) is 23.0 Å². The smallest absolute Gasteiger partial charge is 0.357 e. The van der Waals surface area contributed by atoms with Gasteiger partial charge in [-0.05, 0) is 98.1 Å². The highest BCUT2D eigenvalue weighted by atomic mass is 32.1. The molecule has 0 bridgehead atoms. The summed E-state index contributed by atoms with van der Waals surface area (Å²) in [5.74, 6) is 2.91. The molecule has 8 aromatic heterocycles. The maximum atomic E-state index is 11.9. The number of thiazole rings is 4. The minimum atomic E-state index is -0.542. The van der Waals surface area contributed by atoms with Crippen LogP contribution in [0.4, 0.5) is 0 Å². The zero-order chi connectivity index (χ0) is 52.2. The molecule has 2 N–H and O–H groups in total. The number of esters is 1. The fourth-order valence-electron chi connectivity index (χ4n) is 8.48. The molecule has 5 aromatic carbocycles. The Morgan fingerprint density at radius 3 is 1.56 bits per heavy atom. The summed E-state index contributed by atoms with van der Waals surface area (Å²) in [6, 6.07) is 33.6. The van der Waals surface area contributed by atoms with E-state index < -0.39 is 6.10 Å². The number of aldehydes is 1. The number of carbonyl (C=O) groups excluding carboxylic acids is 2. The Hall–Kier alpha value is -7.92. The van der Waals surface area contributed by atoms with E-state index in [1.54, 1.807) is 94.2 Å². The fourth-order valence-corrected chi connectivity index (χ4v) is 12.6. The zero-order valence-corrected chi connectivity index (χ0v) is 44.3. The van der Waals surface area contributed by atoms with Crippen molar-refractivity contribution in [1.29, 1.82) is 0 Å². The zero-order valence-electron chi connectivity index (χ0n) is 41.1. The summed E-state index contributed by atoms with van der Waals surface area (Å²) in [4.78, 5) is 43.3. The second-order valence-electron chi connectivity index (χ2n) is 16.5. The van der Waals surface area contributed by atoms with Crippen molar-refractivity contribution >= 4 is 118 Å². The number of aryl methyl sites for hydroxylation is 1. The standard InChI is InChI=1S/C19H18N2O2S.C13H12N2O3S.C11H10N2O2S.C11H8N2O2S/c1-23-14-8-9-15-18(11-14)24-19-20-12-16(21(15)19)17(22)10-7-13-5-3-2-4-6-13;1-3-18-12(16)10-7-14-13-15(10)9-5-4-8(17-2)6-11(9)19-13;2*1-15-8-2-3-9-10(4-8)16-11-12-5-7(6-14)13(9)11/h2-6,8-9,11-12,17,22H,7,10H2,1H3;4-7H,3H2,1-2H3;2-5,14H,6H2,1H3;2-6H,1H3. The lowest BCUT2D eigenvalue weighted by Crippen LogP contribution is -2.07. The van der Waals surface area contributed by atoms with E-state index in [2.05, 4.69) is 36.5 Å². The normalized spacial score (nSPS) is 11.7. The molecule has 0 radical (unpaired) electrons. The minimum Gasteiger partial charge on any atom is -0.497 e. The number of nitrogens with zero attached hydrogens (tertiary/aromatic N) is 8. The van der Waals surface area contributed by atoms with E-state index in [4.69, 9.17) is 23.7 Å². The van der Waals surface area contributed by atoms with Crippen molar-refractivity contribution in [2.24, 2.45) is 0 Å². The number of hydrogen-bond donors (Lipinski definition) is 2. The summed E-state index contributed by atoms with van der Waals surface area (Å²) in [6.07, 6.45) is 8.41. The summed E-state index contributed by atoms with van der Waals surface area (Å²) in [5, 5.41) is 19.9. The number of ether oxygens (including phenoxy) is 5. The Morgan fingerprint density at radius 2 is 1.04 bits per heavy atom. The molecule has 382 valence electrons. The summed E-state index contributed by atoms with van der Waals surface area (Å²) in [7, 11) is 6.58. The Morgan fingerprint density at radius 1 is 0.587 bits per heavy atom. The van der Waals surface area contributed by atoms with Crippen LogP contribution in [0.5, 0.6) is 23.0 Å². The van der Waals surface area contributed by atoms with E-state index in [9.17, 15) is 19.8 Å². The molecule has 0 saturated heterocycles. The number of rotatable bonds is 12. The third kappa shape index (κ3) is 10.1.